The lowest BCUT2D eigenvalue weighted by molar-refractivity contribution is -0.171. The van der Waals surface area contributed by atoms with Crippen molar-refractivity contribution in [1.82, 2.24) is 0 Å². The number of esters is 2. The summed E-state index contributed by atoms with van der Waals surface area (Å²) in [4.78, 5) is 23.7. The zero-order chi connectivity index (χ0) is 13.1. The van der Waals surface area contributed by atoms with Crippen molar-refractivity contribution in [2.75, 3.05) is 13.2 Å². The first kappa shape index (κ1) is 14.0. The summed E-state index contributed by atoms with van der Waals surface area (Å²) in [5.41, 5.74) is -0.943. The molecule has 1 aliphatic heterocycles. The molecular weight excluding hydrogens is 224 g/mol. The van der Waals surface area contributed by atoms with Gasteiger partial charge in [0.1, 0.15) is 5.41 Å². The molecule has 5 nitrogen and oxygen atoms in total. The van der Waals surface area contributed by atoms with Gasteiger partial charge in [0, 0.05) is 0 Å². The number of carbonyl (C=O) groups is 2. The molecule has 1 saturated heterocycles. The van der Waals surface area contributed by atoms with E-state index in [1.807, 2.05) is 6.92 Å². The average molecular weight is 244 g/mol. The summed E-state index contributed by atoms with van der Waals surface area (Å²) in [5.74, 6) is -0.894. The molecule has 1 aliphatic rings. The van der Waals surface area contributed by atoms with Crippen molar-refractivity contribution in [3.63, 3.8) is 0 Å². The molecule has 0 aromatic heterocycles. The van der Waals surface area contributed by atoms with E-state index in [4.69, 9.17) is 14.2 Å². The summed E-state index contributed by atoms with van der Waals surface area (Å²) in [5, 5.41) is 0. The maximum Gasteiger partial charge on any atom is 0.336 e. The summed E-state index contributed by atoms with van der Waals surface area (Å²) in [7, 11) is 0. The van der Waals surface area contributed by atoms with Gasteiger partial charge >= 0.3 is 11.9 Å². The number of hydrogen-bond acceptors (Lipinski definition) is 5. The third-order valence-corrected chi connectivity index (χ3v) is 2.90. The van der Waals surface area contributed by atoms with Crippen molar-refractivity contribution >= 4 is 11.9 Å². The van der Waals surface area contributed by atoms with Crippen LogP contribution in [0.25, 0.3) is 0 Å². The molecular formula is C12H20O5. The molecule has 1 rings (SSSR count). The molecule has 0 amide bonds. The van der Waals surface area contributed by atoms with Crippen LogP contribution in [-0.4, -0.2) is 37.4 Å². The van der Waals surface area contributed by atoms with Crippen LogP contribution in [-0.2, 0) is 23.8 Å². The fourth-order valence-electron chi connectivity index (χ4n) is 2.15. The molecule has 3 atom stereocenters. The van der Waals surface area contributed by atoms with E-state index < -0.39 is 23.5 Å². The van der Waals surface area contributed by atoms with E-state index in [-0.39, 0.29) is 12.7 Å². The third-order valence-electron chi connectivity index (χ3n) is 2.90. The van der Waals surface area contributed by atoms with E-state index in [0.29, 0.717) is 13.0 Å². The fourth-order valence-corrected chi connectivity index (χ4v) is 2.15. The predicted molar refractivity (Wildman–Crippen MR) is 60.3 cm³/mol. The van der Waals surface area contributed by atoms with Gasteiger partial charge in [-0.05, 0) is 34.1 Å². The number of ether oxygens (including phenoxy) is 3. The monoisotopic (exact) mass is 244 g/mol. The lowest BCUT2D eigenvalue weighted by atomic mass is 9.82. The molecule has 5 heteroatoms. The van der Waals surface area contributed by atoms with Crippen LogP contribution in [0.3, 0.4) is 0 Å². The van der Waals surface area contributed by atoms with Crippen LogP contribution in [0.5, 0.6) is 0 Å². The average Bonchev–Trinajstić information content (AvgIpc) is 2.56. The third kappa shape index (κ3) is 2.77. The normalized spacial score (nSPS) is 32.2. The first-order chi connectivity index (χ1) is 7.95. The summed E-state index contributed by atoms with van der Waals surface area (Å²) >= 11 is 0. The van der Waals surface area contributed by atoms with E-state index in [0.717, 1.165) is 0 Å². The van der Waals surface area contributed by atoms with Crippen LogP contribution in [0.1, 0.15) is 34.1 Å². The highest BCUT2D eigenvalue weighted by Crippen LogP contribution is 2.40. The maximum absolute atomic E-state index is 11.9. The van der Waals surface area contributed by atoms with E-state index in [2.05, 4.69) is 0 Å². The molecule has 1 heterocycles. The Morgan fingerprint density at radius 2 is 1.88 bits per heavy atom. The van der Waals surface area contributed by atoms with Gasteiger partial charge in [0.15, 0.2) is 6.10 Å². The first-order valence-electron chi connectivity index (χ1n) is 5.95. The van der Waals surface area contributed by atoms with Gasteiger partial charge in [0.25, 0.3) is 0 Å². The molecule has 0 aromatic carbocycles. The molecule has 0 N–H and O–H groups in total. The zero-order valence-electron chi connectivity index (χ0n) is 10.8. The number of carbonyl (C=O) groups excluding carboxylic acids is 2. The molecule has 0 saturated carbocycles. The van der Waals surface area contributed by atoms with Crippen LogP contribution < -0.4 is 0 Å². The van der Waals surface area contributed by atoms with Crippen molar-refractivity contribution < 1.29 is 23.8 Å². The summed E-state index contributed by atoms with van der Waals surface area (Å²) in [6.07, 6.45) is -0.551. The van der Waals surface area contributed by atoms with E-state index in [9.17, 15) is 9.59 Å². The topological polar surface area (TPSA) is 61.8 Å². The Balaban J connectivity index is 2.86. The largest absolute Gasteiger partial charge is 0.465 e. The van der Waals surface area contributed by atoms with Crippen LogP contribution in [0, 0.1) is 5.41 Å². The van der Waals surface area contributed by atoms with Gasteiger partial charge < -0.3 is 14.2 Å². The van der Waals surface area contributed by atoms with E-state index >= 15 is 0 Å². The SMILES string of the molecule is CCOC(=O)[C@H]1O[C@@H](C)CC1(C)C(=O)OCC. The van der Waals surface area contributed by atoms with Gasteiger partial charge in [0.05, 0.1) is 19.3 Å². The molecule has 0 bridgehead atoms. The second-order valence-electron chi connectivity index (χ2n) is 4.42. The number of rotatable bonds is 4. The van der Waals surface area contributed by atoms with Crippen LogP contribution in [0.2, 0.25) is 0 Å². The summed E-state index contributed by atoms with van der Waals surface area (Å²) < 4.78 is 15.4. The highest BCUT2D eigenvalue weighted by molar-refractivity contribution is 5.87. The molecule has 1 unspecified atom stereocenters. The fraction of sp³-hybridized carbons (Fsp3) is 0.833. The zero-order valence-corrected chi connectivity index (χ0v) is 10.8. The van der Waals surface area contributed by atoms with Gasteiger partial charge in [-0.2, -0.15) is 0 Å². The maximum atomic E-state index is 11.9. The first-order valence-corrected chi connectivity index (χ1v) is 5.95. The van der Waals surface area contributed by atoms with Gasteiger partial charge in [0.2, 0.25) is 0 Å². The van der Waals surface area contributed by atoms with E-state index in [1.54, 1.807) is 20.8 Å². The van der Waals surface area contributed by atoms with Gasteiger partial charge in [-0.15, -0.1) is 0 Å². The van der Waals surface area contributed by atoms with Crippen molar-refractivity contribution in [2.24, 2.45) is 5.41 Å². The predicted octanol–water partition coefficient (Wildman–Crippen LogP) is 1.30. The molecule has 0 spiro atoms. The van der Waals surface area contributed by atoms with Crippen molar-refractivity contribution in [1.29, 1.82) is 0 Å². The summed E-state index contributed by atoms with van der Waals surface area (Å²) in [6.45, 7) is 7.54. The molecule has 0 aromatic rings. The van der Waals surface area contributed by atoms with Crippen LogP contribution in [0.15, 0.2) is 0 Å². The minimum Gasteiger partial charge on any atom is -0.465 e. The lowest BCUT2D eigenvalue weighted by Gasteiger charge is -2.25. The molecule has 98 valence electrons. The van der Waals surface area contributed by atoms with Gasteiger partial charge in [-0.25, -0.2) is 4.79 Å². The van der Waals surface area contributed by atoms with Crippen molar-refractivity contribution in [2.45, 2.75) is 46.3 Å². The molecule has 1 fully saturated rings. The Morgan fingerprint density at radius 1 is 1.29 bits per heavy atom. The number of hydrogen-bond donors (Lipinski definition) is 0. The molecule has 0 aliphatic carbocycles. The smallest absolute Gasteiger partial charge is 0.336 e. The quantitative estimate of drug-likeness (QED) is 0.697. The van der Waals surface area contributed by atoms with Crippen molar-refractivity contribution in [3.05, 3.63) is 0 Å². The second kappa shape index (κ2) is 5.49. The van der Waals surface area contributed by atoms with Gasteiger partial charge in [-0.1, -0.05) is 0 Å². The second-order valence-corrected chi connectivity index (χ2v) is 4.42. The van der Waals surface area contributed by atoms with Crippen LogP contribution in [0.4, 0.5) is 0 Å². The molecule has 17 heavy (non-hydrogen) atoms. The van der Waals surface area contributed by atoms with Crippen LogP contribution >= 0.6 is 0 Å². The summed E-state index contributed by atoms with van der Waals surface area (Å²) in [6, 6.07) is 0. The highest BCUT2D eigenvalue weighted by atomic mass is 16.6. The Kier molecular flexibility index (Phi) is 4.51. The molecule has 0 radical (unpaired) electrons. The van der Waals surface area contributed by atoms with Gasteiger partial charge in [-0.3, -0.25) is 4.79 Å². The Morgan fingerprint density at radius 3 is 2.41 bits per heavy atom. The van der Waals surface area contributed by atoms with Crippen molar-refractivity contribution in [3.8, 4) is 0 Å². The Hall–Kier alpha value is -1.10. The lowest BCUT2D eigenvalue weighted by Crippen LogP contribution is -2.43. The minimum absolute atomic E-state index is 0.154. The standard InChI is InChI=1S/C12H20O5/c1-5-15-10(13)9-12(4,7-8(3)17-9)11(14)16-6-2/h8-9H,5-7H2,1-4H3/t8-,9+,12?/m0/s1. The Bertz CT molecular complexity index is 301. The minimum atomic E-state index is -0.943. The van der Waals surface area contributed by atoms with E-state index in [1.165, 1.54) is 0 Å². The Labute approximate surface area is 101 Å². The highest BCUT2D eigenvalue weighted by Gasteiger charge is 2.54.